The zero-order valence-corrected chi connectivity index (χ0v) is 56.0. The van der Waals surface area contributed by atoms with Crippen LogP contribution < -0.4 is 35.6 Å². The van der Waals surface area contributed by atoms with Gasteiger partial charge in [0, 0.05) is 102 Å². The van der Waals surface area contributed by atoms with Gasteiger partial charge in [-0.25, -0.2) is 39.3 Å². The van der Waals surface area contributed by atoms with E-state index in [4.69, 9.17) is 28.3 Å². The number of hydrogen-bond donors (Lipinski definition) is 4. The lowest BCUT2D eigenvalue weighted by Gasteiger charge is -2.28. The van der Waals surface area contributed by atoms with Gasteiger partial charge in [0.05, 0.1) is 105 Å². The van der Waals surface area contributed by atoms with E-state index >= 15 is 0 Å². The number of methoxy groups -OCH3 is 5. The fourth-order valence-electron chi connectivity index (χ4n) is 9.07. The van der Waals surface area contributed by atoms with Crippen molar-refractivity contribution in [1.82, 2.24) is 29.8 Å². The Labute approximate surface area is 565 Å². The number of nitrogens with one attached hydrogen (secondary N) is 3. The highest BCUT2D eigenvalue weighted by atomic mass is 35.5. The summed E-state index contributed by atoms with van der Waals surface area (Å²) in [7, 11) is 13.1. The molecule has 0 bridgehead atoms. The van der Waals surface area contributed by atoms with Crippen LogP contribution in [0, 0.1) is 20.2 Å². The maximum absolute atomic E-state index is 11.7. The van der Waals surface area contributed by atoms with Crippen LogP contribution in [0.4, 0.5) is 51.7 Å². The lowest BCUT2D eigenvalue weighted by Crippen LogP contribution is -2.36. The Balaban J connectivity index is 0.000000218. The van der Waals surface area contributed by atoms with Gasteiger partial charge >= 0.3 is 41.2 Å². The van der Waals surface area contributed by atoms with Gasteiger partial charge in [-0.1, -0.05) is 48.3 Å². The molecule has 6 aromatic rings. The van der Waals surface area contributed by atoms with Gasteiger partial charge < -0.3 is 64.3 Å². The van der Waals surface area contributed by atoms with Gasteiger partial charge in [0.15, 0.2) is 17.5 Å². The Kier molecular flexibility index (Phi) is 29.4. The molecule has 4 N–H and O–H groups in total. The van der Waals surface area contributed by atoms with Crippen LogP contribution in [0.5, 0.6) is 0 Å². The number of nitrogens with zero attached hydrogens (tertiary/aromatic N) is 12. The average molecular weight is 1390 g/mol. The maximum Gasteiger partial charge on any atom is 0.339 e. The van der Waals surface area contributed by atoms with Crippen LogP contribution in [0.15, 0.2) is 91.7 Å². The van der Waals surface area contributed by atoms with Crippen LogP contribution in [0.1, 0.15) is 74.0 Å². The summed E-state index contributed by atoms with van der Waals surface area (Å²) in [5.41, 5.74) is 5.85. The number of rotatable bonds is 14. The molecule has 0 atom stereocenters. The molecule has 0 spiro atoms. The molecule has 4 aliphatic heterocycles. The lowest BCUT2D eigenvalue weighted by molar-refractivity contribution is -0.385. The Hall–Kier alpha value is -11.0. The predicted octanol–water partition coefficient (Wildman–Crippen LogP) is 6.41. The van der Waals surface area contributed by atoms with Gasteiger partial charge in [-0.05, 0) is 65.4 Å². The van der Waals surface area contributed by atoms with Gasteiger partial charge in [0.2, 0.25) is 28.7 Å². The number of aliphatic hydroxyl groups is 1. The smallest absolute Gasteiger partial charge is 0.339 e. The highest BCUT2D eigenvalue weighted by Crippen LogP contribution is 2.32. The van der Waals surface area contributed by atoms with Crippen LogP contribution in [0.3, 0.4) is 0 Å². The lowest BCUT2D eigenvalue weighted by atomic mass is 9.99. The van der Waals surface area contributed by atoms with Gasteiger partial charge in [0.1, 0.15) is 6.54 Å². The molecule has 4 aliphatic rings. The fraction of sp³-hybridized carbons (Fsp3) is 0.339. The zero-order valence-electron chi connectivity index (χ0n) is 54.4. The molecule has 1 aromatic carbocycles. The second kappa shape index (κ2) is 37.2. The zero-order chi connectivity index (χ0) is 71.6. The van der Waals surface area contributed by atoms with Crippen molar-refractivity contribution in [2.24, 2.45) is 0 Å². The predicted molar refractivity (Wildman–Crippen MR) is 357 cm³/mol. The molecule has 35 heteroatoms. The van der Waals surface area contributed by atoms with E-state index in [2.05, 4.69) is 87.7 Å². The van der Waals surface area contributed by atoms with Crippen molar-refractivity contribution in [2.45, 2.75) is 39.3 Å². The topological polar surface area (TPSA) is 406 Å². The molecular weight excluding hydrogens is 1310 g/mol. The van der Waals surface area contributed by atoms with Gasteiger partial charge in [-0.2, -0.15) is 0 Å². The van der Waals surface area contributed by atoms with Crippen LogP contribution in [0.2, 0.25) is 10.2 Å². The first-order chi connectivity index (χ1) is 46.2. The summed E-state index contributed by atoms with van der Waals surface area (Å²) in [5, 5.41) is 39.1. The largest absolute Gasteiger partial charge is 0.469 e. The van der Waals surface area contributed by atoms with E-state index < -0.39 is 45.1 Å². The number of fused-ring (bicyclic) bond motifs is 3. The number of hydrogen-bond acceptors (Lipinski definition) is 28. The molecule has 0 unspecified atom stereocenters. The molecule has 0 radical (unpaired) electrons. The Morgan fingerprint density at radius 2 is 1.05 bits per heavy atom. The Morgan fingerprint density at radius 1 is 0.608 bits per heavy atom. The van der Waals surface area contributed by atoms with Gasteiger partial charge in [0.25, 0.3) is 0 Å². The first-order valence-electron chi connectivity index (χ1n) is 29.0. The van der Waals surface area contributed by atoms with Crippen molar-refractivity contribution in [3.63, 3.8) is 0 Å². The number of benzene rings is 1. The van der Waals surface area contributed by atoms with Crippen LogP contribution in [0.25, 0.3) is 5.57 Å². The molecule has 0 aliphatic carbocycles. The Morgan fingerprint density at radius 3 is 1.49 bits per heavy atom. The number of anilines is 7. The van der Waals surface area contributed by atoms with E-state index in [0.29, 0.717) is 47.8 Å². The van der Waals surface area contributed by atoms with Crippen molar-refractivity contribution in [1.29, 1.82) is 0 Å². The maximum atomic E-state index is 11.7. The van der Waals surface area contributed by atoms with Crippen LogP contribution >= 0.6 is 23.2 Å². The number of nitro groups is 2. The summed E-state index contributed by atoms with van der Waals surface area (Å²) in [5.74, 6) is -0.608. The normalized spacial score (nSPS) is 13.2. The number of carbonyl (C=O) groups excluding carboxylic acids is 8. The van der Waals surface area contributed by atoms with Crippen molar-refractivity contribution < 1.29 is 77.0 Å². The van der Waals surface area contributed by atoms with Crippen LogP contribution in [-0.2, 0) is 60.8 Å². The Bertz CT molecular complexity index is 3900. The molecule has 0 fully saturated rings. The van der Waals surface area contributed by atoms with Gasteiger partial charge in [-0.3, -0.25) is 49.1 Å². The molecule has 3 amide bonds. The molecule has 9 heterocycles. The van der Waals surface area contributed by atoms with Crippen molar-refractivity contribution in [3.05, 3.63) is 155 Å². The quantitative estimate of drug-likeness (QED) is 0.0301. The molecule has 0 saturated carbocycles. The van der Waals surface area contributed by atoms with Crippen LogP contribution in [-0.4, -0.2) is 195 Å². The average Bonchev–Trinajstić information content (AvgIpc) is 0.832. The summed E-state index contributed by atoms with van der Waals surface area (Å²) in [6.07, 6.45) is 11.9. The highest BCUT2D eigenvalue weighted by molar-refractivity contribution is 6.31. The van der Waals surface area contributed by atoms with E-state index in [9.17, 15) is 58.6 Å². The van der Waals surface area contributed by atoms with Gasteiger partial charge in [-0.15, -0.1) is 0 Å². The van der Waals surface area contributed by atoms with E-state index in [1.807, 2.05) is 50.3 Å². The molecule has 0 saturated heterocycles. The fourth-order valence-corrected chi connectivity index (χ4v) is 9.36. The minimum atomic E-state index is -0.734. The highest BCUT2D eigenvalue weighted by Gasteiger charge is 2.27. The summed E-state index contributed by atoms with van der Waals surface area (Å²) in [6, 6.07) is 15.4. The summed E-state index contributed by atoms with van der Waals surface area (Å²) < 4.78 is 22.2. The SMILES string of the molecule is CCCC(=O)OC.CN1CC(=O)Nc2cc(CN3CC=C(c4ccc(Cl)cc4)CC3)cnc21.CN1CC(=O)Nc2cc(CO)cnc21.COC(=O)CN(C)c1ncc(C(=O)OC)cc1[N+](=O)[O-].COC(=O)c1cnc(Cl)c([N+](=O)[O-])c1.COC(=O)c1cnc2c(c1)NC(=O)CN2C. The molecule has 97 heavy (non-hydrogen) atoms. The monoisotopic (exact) mass is 1380 g/mol. The summed E-state index contributed by atoms with van der Waals surface area (Å²) >= 11 is 11.4. The number of halogens is 2. The van der Waals surface area contributed by atoms with E-state index in [0.717, 1.165) is 92.0 Å². The van der Waals surface area contributed by atoms with Crippen molar-refractivity contribution in [3.8, 4) is 0 Å². The third kappa shape index (κ3) is 22.6. The molecule has 5 aromatic heterocycles. The second-order valence-corrected chi connectivity index (χ2v) is 21.8. The number of ether oxygens (including phenoxy) is 5. The van der Waals surface area contributed by atoms with E-state index in [1.54, 1.807) is 35.2 Å². The third-order valence-corrected chi connectivity index (χ3v) is 14.4. The number of aromatic nitrogens is 5. The first-order valence-corrected chi connectivity index (χ1v) is 29.8. The summed E-state index contributed by atoms with van der Waals surface area (Å²) in [4.78, 5) is 138. The summed E-state index contributed by atoms with van der Waals surface area (Å²) in [6.45, 7) is 5.32. The molecule has 33 nitrogen and oxygen atoms in total. The minimum Gasteiger partial charge on any atom is -0.469 e. The molecule has 10 rings (SSSR count). The second-order valence-electron chi connectivity index (χ2n) is 21.0. The number of aliphatic hydroxyl groups excluding tert-OH is 1. The molecular formula is C62H71Cl2N15O18. The standard InChI is InChI=1S/C20H21ClN4O.C11H13N3O6.C10H11N3O3.C9H11N3O2.C7H5ClN2O4.C5H10O2/c1-24-13-19(26)23-18-10-14(11-22-20(18)24)12-25-8-6-16(7-9-25)15-2-4-17(21)5-3-15;1-13(6-9(15)19-2)10-8(14(17)18)4-7(5-12-10)11(16)20-3;1-13-5-8(14)12-7-3-6(10(15)16-2)4-11-9(7)13;1-12-4-8(14)11-7-2-6(5-13)3-10-9(7)12;1-14-7(11)4-2-5(10(12)13)6(8)9-3-4;1-3-4-5(6)7-2/h2-6,10-11H,7-9,12-13H2,1H3,(H,23,26);4-5H,6H2,1-3H3;3-4H,5H2,1-2H3,(H,12,14);2-3,13H,4-5H2,1H3,(H,11,14);2-3H,1H3;3-4H2,1-2H3. The van der Waals surface area contributed by atoms with Crippen molar-refractivity contribution in [2.75, 3.05) is 139 Å². The van der Waals surface area contributed by atoms with E-state index in [-0.39, 0.29) is 65.5 Å². The van der Waals surface area contributed by atoms with Crippen molar-refractivity contribution >= 4 is 128 Å². The first kappa shape index (κ1) is 76.7. The number of amides is 3. The number of pyridine rings is 5. The third-order valence-electron chi connectivity index (χ3n) is 13.8. The number of esters is 5. The molecule has 516 valence electrons. The number of likely N-dealkylation sites (N-methyl/N-ethyl adjacent to an activating group) is 4. The van der Waals surface area contributed by atoms with E-state index in [1.165, 1.54) is 57.7 Å². The minimum absolute atomic E-state index is 0.00691. The number of carbonyl (C=O) groups is 8.